The summed E-state index contributed by atoms with van der Waals surface area (Å²) in [5.41, 5.74) is 0.608. The van der Waals surface area contributed by atoms with E-state index in [1.807, 2.05) is 12.1 Å². The van der Waals surface area contributed by atoms with Gasteiger partial charge >= 0.3 is 0 Å². The summed E-state index contributed by atoms with van der Waals surface area (Å²) in [4.78, 5) is 23.2. The van der Waals surface area contributed by atoms with Gasteiger partial charge in [0.2, 0.25) is 5.91 Å². The Morgan fingerprint density at radius 1 is 1.20 bits per heavy atom. The van der Waals surface area contributed by atoms with Crippen LogP contribution in [0.2, 0.25) is 0 Å². The lowest BCUT2D eigenvalue weighted by Gasteiger charge is -2.20. The molecule has 1 saturated carbocycles. The Labute approximate surface area is 119 Å². The van der Waals surface area contributed by atoms with Gasteiger partial charge in [0.05, 0.1) is 5.69 Å². The molecule has 1 aliphatic rings. The third kappa shape index (κ3) is 4.08. The van der Waals surface area contributed by atoms with E-state index in [1.54, 1.807) is 12.1 Å². The summed E-state index contributed by atoms with van der Waals surface area (Å²) >= 11 is 0. The molecule has 20 heavy (non-hydrogen) atoms. The fourth-order valence-corrected chi connectivity index (χ4v) is 2.58. The lowest BCUT2D eigenvalue weighted by Crippen LogP contribution is -2.23. The van der Waals surface area contributed by atoms with Gasteiger partial charge in [0, 0.05) is 12.8 Å². The molecule has 108 valence electrons. The van der Waals surface area contributed by atoms with E-state index in [4.69, 9.17) is 4.74 Å². The lowest BCUT2D eigenvalue weighted by molar-refractivity contribution is -0.125. The molecule has 0 radical (unpaired) electrons. The van der Waals surface area contributed by atoms with E-state index >= 15 is 0 Å². The monoisotopic (exact) mass is 275 g/mol. The summed E-state index contributed by atoms with van der Waals surface area (Å²) in [6.45, 7) is 1.53. The SMILES string of the molecule is CC(=O)Nc1ccccc1OCC(=O)C1CCCCC1. The van der Waals surface area contributed by atoms with Crippen molar-refractivity contribution in [3.05, 3.63) is 24.3 Å². The van der Waals surface area contributed by atoms with Crippen molar-refractivity contribution >= 4 is 17.4 Å². The molecule has 0 aromatic heterocycles. The van der Waals surface area contributed by atoms with Gasteiger partial charge in [-0.15, -0.1) is 0 Å². The molecular formula is C16H21NO3. The van der Waals surface area contributed by atoms with Crippen LogP contribution < -0.4 is 10.1 Å². The van der Waals surface area contributed by atoms with Gasteiger partial charge in [0.15, 0.2) is 5.78 Å². The molecule has 1 aromatic carbocycles. The van der Waals surface area contributed by atoms with Crippen molar-refractivity contribution in [3.8, 4) is 5.75 Å². The first kappa shape index (κ1) is 14.6. The molecule has 1 aliphatic carbocycles. The summed E-state index contributed by atoms with van der Waals surface area (Å²) in [6, 6.07) is 7.17. The zero-order valence-corrected chi connectivity index (χ0v) is 11.9. The molecule has 0 atom stereocenters. The van der Waals surface area contributed by atoms with E-state index < -0.39 is 0 Å². The average molecular weight is 275 g/mol. The maximum atomic E-state index is 12.1. The third-order valence-electron chi connectivity index (χ3n) is 3.63. The predicted octanol–water partition coefficient (Wildman–Crippen LogP) is 3.17. The van der Waals surface area contributed by atoms with Crippen molar-refractivity contribution in [1.82, 2.24) is 0 Å². The second-order valence-corrected chi connectivity index (χ2v) is 5.27. The number of ether oxygens (including phenoxy) is 1. The van der Waals surface area contributed by atoms with Crippen LogP contribution in [0.4, 0.5) is 5.69 Å². The number of Topliss-reactive ketones (excluding diaryl/α,β-unsaturated/α-hetero) is 1. The van der Waals surface area contributed by atoms with Gasteiger partial charge < -0.3 is 10.1 Å². The Morgan fingerprint density at radius 2 is 1.90 bits per heavy atom. The Bertz CT molecular complexity index is 478. The number of anilines is 1. The van der Waals surface area contributed by atoms with Gasteiger partial charge in [-0.05, 0) is 25.0 Å². The fourth-order valence-electron chi connectivity index (χ4n) is 2.58. The van der Waals surface area contributed by atoms with Gasteiger partial charge in [-0.2, -0.15) is 0 Å². The van der Waals surface area contributed by atoms with Crippen LogP contribution in [-0.4, -0.2) is 18.3 Å². The van der Waals surface area contributed by atoms with E-state index in [0.717, 1.165) is 25.7 Å². The highest BCUT2D eigenvalue weighted by molar-refractivity contribution is 5.90. The van der Waals surface area contributed by atoms with Crippen LogP contribution in [0.5, 0.6) is 5.75 Å². The van der Waals surface area contributed by atoms with E-state index in [1.165, 1.54) is 13.3 Å². The number of amides is 1. The summed E-state index contributed by atoms with van der Waals surface area (Å²) in [5.74, 6) is 0.713. The van der Waals surface area contributed by atoms with Crippen molar-refractivity contribution in [2.45, 2.75) is 39.0 Å². The van der Waals surface area contributed by atoms with Crippen molar-refractivity contribution < 1.29 is 14.3 Å². The van der Waals surface area contributed by atoms with Crippen LogP contribution in [0.25, 0.3) is 0 Å². The van der Waals surface area contributed by atoms with Crippen molar-refractivity contribution in [2.75, 3.05) is 11.9 Å². The van der Waals surface area contributed by atoms with Crippen molar-refractivity contribution in [1.29, 1.82) is 0 Å². The Hall–Kier alpha value is -1.84. The normalized spacial score (nSPS) is 15.7. The van der Waals surface area contributed by atoms with Crippen LogP contribution in [-0.2, 0) is 9.59 Å². The van der Waals surface area contributed by atoms with E-state index in [2.05, 4.69) is 5.32 Å². The molecule has 1 fully saturated rings. The smallest absolute Gasteiger partial charge is 0.221 e. The average Bonchev–Trinajstić information content (AvgIpc) is 2.46. The summed E-state index contributed by atoms with van der Waals surface area (Å²) in [6.07, 6.45) is 5.47. The zero-order valence-electron chi connectivity index (χ0n) is 11.9. The van der Waals surface area contributed by atoms with Gasteiger partial charge in [-0.1, -0.05) is 31.4 Å². The van der Waals surface area contributed by atoms with E-state index in [9.17, 15) is 9.59 Å². The second kappa shape index (κ2) is 7.08. The Morgan fingerprint density at radius 3 is 2.60 bits per heavy atom. The van der Waals surface area contributed by atoms with Crippen LogP contribution in [0, 0.1) is 5.92 Å². The molecule has 1 aromatic rings. The lowest BCUT2D eigenvalue weighted by atomic mass is 9.86. The Kier molecular flexibility index (Phi) is 5.16. The number of hydrogen-bond acceptors (Lipinski definition) is 3. The first-order chi connectivity index (χ1) is 9.66. The van der Waals surface area contributed by atoms with Crippen LogP contribution in [0.3, 0.4) is 0 Å². The van der Waals surface area contributed by atoms with E-state index in [0.29, 0.717) is 11.4 Å². The molecule has 0 saturated heterocycles. The van der Waals surface area contributed by atoms with E-state index in [-0.39, 0.29) is 24.2 Å². The number of para-hydroxylation sites is 2. The van der Waals surface area contributed by atoms with Crippen LogP contribution in [0.1, 0.15) is 39.0 Å². The molecule has 1 N–H and O–H groups in total. The molecule has 1 amide bonds. The highest BCUT2D eigenvalue weighted by Gasteiger charge is 2.21. The number of nitrogens with one attached hydrogen (secondary N) is 1. The highest BCUT2D eigenvalue weighted by Crippen LogP contribution is 2.26. The number of carbonyl (C=O) groups is 2. The van der Waals surface area contributed by atoms with Crippen LogP contribution in [0.15, 0.2) is 24.3 Å². The van der Waals surface area contributed by atoms with Gasteiger partial charge in [0.25, 0.3) is 0 Å². The predicted molar refractivity (Wildman–Crippen MR) is 77.8 cm³/mol. The van der Waals surface area contributed by atoms with Gasteiger partial charge in [-0.3, -0.25) is 9.59 Å². The molecular weight excluding hydrogens is 254 g/mol. The first-order valence-electron chi connectivity index (χ1n) is 7.19. The van der Waals surface area contributed by atoms with Crippen molar-refractivity contribution in [2.24, 2.45) is 5.92 Å². The largest absolute Gasteiger partial charge is 0.484 e. The minimum Gasteiger partial charge on any atom is -0.484 e. The number of ketones is 1. The quantitative estimate of drug-likeness (QED) is 0.898. The van der Waals surface area contributed by atoms with Crippen molar-refractivity contribution in [3.63, 3.8) is 0 Å². The highest BCUT2D eigenvalue weighted by atomic mass is 16.5. The molecule has 4 nitrogen and oxygen atoms in total. The topological polar surface area (TPSA) is 55.4 Å². The molecule has 0 spiro atoms. The van der Waals surface area contributed by atoms with Gasteiger partial charge in [0.1, 0.15) is 12.4 Å². The summed E-state index contributed by atoms with van der Waals surface area (Å²) < 4.78 is 5.59. The number of carbonyl (C=O) groups excluding carboxylic acids is 2. The molecule has 0 unspecified atom stereocenters. The van der Waals surface area contributed by atoms with Crippen LogP contribution >= 0.6 is 0 Å². The summed E-state index contributed by atoms with van der Waals surface area (Å²) in [7, 11) is 0. The fraction of sp³-hybridized carbons (Fsp3) is 0.500. The molecule has 4 heteroatoms. The minimum absolute atomic E-state index is 0.0846. The number of benzene rings is 1. The van der Waals surface area contributed by atoms with Gasteiger partial charge in [-0.25, -0.2) is 0 Å². The summed E-state index contributed by atoms with van der Waals surface area (Å²) in [5, 5.41) is 2.70. The zero-order chi connectivity index (χ0) is 14.4. The maximum Gasteiger partial charge on any atom is 0.221 e. The minimum atomic E-state index is -0.153. The maximum absolute atomic E-state index is 12.1. The molecule has 2 rings (SSSR count). The first-order valence-corrected chi connectivity index (χ1v) is 7.19. The Balaban J connectivity index is 1.92. The number of hydrogen-bond donors (Lipinski definition) is 1. The third-order valence-corrected chi connectivity index (χ3v) is 3.63. The standard InChI is InChI=1S/C16H21NO3/c1-12(18)17-14-9-5-6-10-16(14)20-11-15(19)13-7-3-2-4-8-13/h5-6,9-10,13H,2-4,7-8,11H2,1H3,(H,17,18). The number of rotatable bonds is 5. The second-order valence-electron chi connectivity index (χ2n) is 5.27. The molecule has 0 aliphatic heterocycles. The molecule has 0 bridgehead atoms. The molecule has 0 heterocycles.